The molecule has 0 fully saturated rings. The molecule has 1 N–H and O–H groups in total. The Morgan fingerprint density at radius 2 is 1.80 bits per heavy atom. The minimum Gasteiger partial charge on any atom is -0.508 e. The van der Waals surface area contributed by atoms with Crippen molar-refractivity contribution in [1.29, 1.82) is 0 Å². The number of benzene rings is 2. The normalized spacial score (nSPS) is 10.7. The van der Waals surface area contributed by atoms with Gasteiger partial charge in [-0.05, 0) is 41.7 Å². The van der Waals surface area contributed by atoms with Crippen molar-refractivity contribution in [1.82, 2.24) is 0 Å². The number of rotatable bonds is 7. The molecule has 0 atom stereocenters. The van der Waals surface area contributed by atoms with Crippen LogP contribution in [0, 0.1) is 0 Å². The third kappa shape index (κ3) is 4.10. The molecule has 0 aliphatic rings. The van der Waals surface area contributed by atoms with Gasteiger partial charge in [0.05, 0.1) is 6.61 Å². The SMILES string of the molecule is CCCCOCCc1cc(O)ccc1-c1ccccc1. The highest BCUT2D eigenvalue weighted by Gasteiger charge is 2.06. The molecule has 0 aliphatic carbocycles. The number of ether oxygens (including phenoxy) is 1. The molecular weight excluding hydrogens is 248 g/mol. The van der Waals surface area contributed by atoms with Gasteiger partial charge in [-0.2, -0.15) is 0 Å². The Morgan fingerprint density at radius 1 is 1.00 bits per heavy atom. The number of unbranched alkanes of at least 4 members (excludes halogenated alkanes) is 1. The van der Waals surface area contributed by atoms with E-state index in [1.807, 2.05) is 30.3 Å². The zero-order valence-electron chi connectivity index (χ0n) is 12.0. The number of aromatic hydroxyl groups is 1. The maximum Gasteiger partial charge on any atom is 0.115 e. The quantitative estimate of drug-likeness (QED) is 0.755. The van der Waals surface area contributed by atoms with Gasteiger partial charge < -0.3 is 9.84 Å². The maximum absolute atomic E-state index is 9.68. The molecule has 0 aromatic heterocycles. The van der Waals surface area contributed by atoms with Crippen LogP contribution in [0.15, 0.2) is 48.5 Å². The van der Waals surface area contributed by atoms with Gasteiger partial charge in [-0.1, -0.05) is 49.7 Å². The summed E-state index contributed by atoms with van der Waals surface area (Å²) in [7, 11) is 0. The highest BCUT2D eigenvalue weighted by molar-refractivity contribution is 5.68. The first-order chi connectivity index (χ1) is 9.81. The molecule has 0 bridgehead atoms. The Balaban J connectivity index is 2.09. The Morgan fingerprint density at radius 3 is 2.55 bits per heavy atom. The van der Waals surface area contributed by atoms with E-state index >= 15 is 0 Å². The van der Waals surface area contributed by atoms with Crippen LogP contribution in [0.3, 0.4) is 0 Å². The standard InChI is InChI=1S/C18H22O2/c1-2-3-12-20-13-11-16-14-17(19)9-10-18(16)15-7-5-4-6-8-15/h4-10,14,19H,2-3,11-13H2,1H3. The molecule has 2 aromatic carbocycles. The molecule has 0 spiro atoms. The molecule has 2 rings (SSSR count). The first-order valence-electron chi connectivity index (χ1n) is 7.26. The van der Waals surface area contributed by atoms with Gasteiger partial charge in [-0.25, -0.2) is 0 Å². The van der Waals surface area contributed by atoms with E-state index < -0.39 is 0 Å². The summed E-state index contributed by atoms with van der Waals surface area (Å²) in [5, 5.41) is 9.68. The van der Waals surface area contributed by atoms with E-state index in [9.17, 15) is 5.11 Å². The fourth-order valence-electron chi connectivity index (χ4n) is 2.22. The predicted molar refractivity (Wildman–Crippen MR) is 83.0 cm³/mol. The lowest BCUT2D eigenvalue weighted by Crippen LogP contribution is -2.01. The average molecular weight is 270 g/mol. The Bertz CT molecular complexity index is 520. The number of phenols is 1. The summed E-state index contributed by atoms with van der Waals surface area (Å²) in [6.45, 7) is 3.67. The van der Waals surface area contributed by atoms with E-state index in [0.717, 1.165) is 31.4 Å². The minimum atomic E-state index is 0.313. The number of hydrogen-bond acceptors (Lipinski definition) is 2. The fraction of sp³-hybridized carbons (Fsp3) is 0.333. The van der Waals surface area contributed by atoms with Gasteiger partial charge in [-0.3, -0.25) is 0 Å². The molecule has 0 aliphatic heterocycles. The third-order valence-corrected chi connectivity index (χ3v) is 3.33. The Hall–Kier alpha value is -1.80. The fourth-order valence-corrected chi connectivity index (χ4v) is 2.22. The molecule has 0 amide bonds. The monoisotopic (exact) mass is 270 g/mol. The van der Waals surface area contributed by atoms with E-state index in [1.54, 1.807) is 6.07 Å². The van der Waals surface area contributed by atoms with Crippen LogP contribution >= 0.6 is 0 Å². The van der Waals surface area contributed by atoms with Crippen molar-refractivity contribution in [3.05, 3.63) is 54.1 Å². The molecule has 0 unspecified atom stereocenters. The smallest absolute Gasteiger partial charge is 0.115 e. The van der Waals surface area contributed by atoms with E-state index in [2.05, 4.69) is 19.1 Å². The Labute approximate surface area is 121 Å². The maximum atomic E-state index is 9.68. The predicted octanol–water partition coefficient (Wildman–Crippen LogP) is 4.42. The zero-order valence-corrected chi connectivity index (χ0v) is 12.0. The van der Waals surface area contributed by atoms with Crippen molar-refractivity contribution in [3.8, 4) is 16.9 Å². The molecule has 20 heavy (non-hydrogen) atoms. The van der Waals surface area contributed by atoms with Gasteiger partial charge in [0.25, 0.3) is 0 Å². The lowest BCUT2D eigenvalue weighted by molar-refractivity contribution is 0.134. The van der Waals surface area contributed by atoms with Crippen molar-refractivity contribution >= 4 is 0 Å². The minimum absolute atomic E-state index is 0.313. The van der Waals surface area contributed by atoms with Gasteiger partial charge in [0.15, 0.2) is 0 Å². The highest BCUT2D eigenvalue weighted by Crippen LogP contribution is 2.27. The topological polar surface area (TPSA) is 29.5 Å². The van der Waals surface area contributed by atoms with Gasteiger partial charge in [0, 0.05) is 6.61 Å². The first-order valence-corrected chi connectivity index (χ1v) is 7.26. The Kier molecular flexibility index (Phi) is 5.63. The van der Waals surface area contributed by atoms with Crippen LogP contribution in [0.1, 0.15) is 25.3 Å². The molecule has 106 valence electrons. The van der Waals surface area contributed by atoms with Gasteiger partial charge in [0.2, 0.25) is 0 Å². The average Bonchev–Trinajstić information content (AvgIpc) is 2.48. The van der Waals surface area contributed by atoms with Crippen LogP contribution in [-0.4, -0.2) is 18.3 Å². The third-order valence-electron chi connectivity index (χ3n) is 3.33. The van der Waals surface area contributed by atoms with Crippen molar-refractivity contribution in [2.45, 2.75) is 26.2 Å². The van der Waals surface area contributed by atoms with Crippen LogP contribution in [0.2, 0.25) is 0 Å². The molecule has 2 nitrogen and oxygen atoms in total. The van der Waals surface area contributed by atoms with Crippen molar-refractivity contribution in [3.63, 3.8) is 0 Å². The molecule has 0 radical (unpaired) electrons. The van der Waals surface area contributed by atoms with Crippen LogP contribution < -0.4 is 0 Å². The van der Waals surface area contributed by atoms with Crippen LogP contribution in [0.5, 0.6) is 5.75 Å². The lowest BCUT2D eigenvalue weighted by atomic mass is 9.97. The molecule has 2 aromatic rings. The largest absolute Gasteiger partial charge is 0.508 e. The zero-order chi connectivity index (χ0) is 14.2. The number of phenolic OH excluding ortho intramolecular Hbond substituents is 1. The van der Waals surface area contributed by atoms with E-state index in [0.29, 0.717) is 12.4 Å². The van der Waals surface area contributed by atoms with E-state index in [4.69, 9.17) is 4.74 Å². The lowest BCUT2D eigenvalue weighted by Gasteiger charge is -2.11. The molecule has 2 heteroatoms. The van der Waals surface area contributed by atoms with Gasteiger partial charge in [0.1, 0.15) is 5.75 Å². The highest BCUT2D eigenvalue weighted by atomic mass is 16.5. The second kappa shape index (κ2) is 7.71. The molecule has 0 heterocycles. The summed E-state index contributed by atoms with van der Waals surface area (Å²) in [5.74, 6) is 0.313. The summed E-state index contributed by atoms with van der Waals surface area (Å²) < 4.78 is 5.63. The summed E-state index contributed by atoms with van der Waals surface area (Å²) in [6.07, 6.45) is 3.08. The van der Waals surface area contributed by atoms with E-state index in [-0.39, 0.29) is 0 Å². The van der Waals surface area contributed by atoms with Crippen LogP contribution in [0.25, 0.3) is 11.1 Å². The summed E-state index contributed by atoms with van der Waals surface area (Å²) in [6, 6.07) is 15.8. The molecule has 0 saturated heterocycles. The van der Waals surface area contributed by atoms with E-state index in [1.165, 1.54) is 11.1 Å². The summed E-state index contributed by atoms with van der Waals surface area (Å²) in [4.78, 5) is 0. The molecule has 0 saturated carbocycles. The second-order valence-electron chi connectivity index (χ2n) is 4.92. The first kappa shape index (κ1) is 14.6. The van der Waals surface area contributed by atoms with Crippen LogP contribution in [0.4, 0.5) is 0 Å². The summed E-state index contributed by atoms with van der Waals surface area (Å²) >= 11 is 0. The summed E-state index contributed by atoms with van der Waals surface area (Å²) in [5.41, 5.74) is 3.48. The van der Waals surface area contributed by atoms with Gasteiger partial charge >= 0.3 is 0 Å². The molecular formula is C18H22O2. The van der Waals surface area contributed by atoms with Crippen LogP contribution in [-0.2, 0) is 11.2 Å². The van der Waals surface area contributed by atoms with Gasteiger partial charge in [-0.15, -0.1) is 0 Å². The van der Waals surface area contributed by atoms with Crippen molar-refractivity contribution in [2.75, 3.05) is 13.2 Å². The van der Waals surface area contributed by atoms with Crippen molar-refractivity contribution < 1.29 is 9.84 Å². The number of hydrogen-bond donors (Lipinski definition) is 1. The second-order valence-corrected chi connectivity index (χ2v) is 4.92. The van der Waals surface area contributed by atoms with Crippen molar-refractivity contribution in [2.24, 2.45) is 0 Å².